The van der Waals surface area contributed by atoms with E-state index in [0.717, 1.165) is 15.6 Å². The Bertz CT molecular complexity index is 785. The van der Waals surface area contributed by atoms with E-state index in [9.17, 15) is 19.1 Å². The van der Waals surface area contributed by atoms with E-state index >= 15 is 0 Å². The predicted molar refractivity (Wildman–Crippen MR) is 87.3 cm³/mol. The number of carboxylic acid groups (broad SMARTS) is 1. The number of halogens is 1. The second-order valence-corrected chi connectivity index (χ2v) is 7.34. The number of aryl methyl sites for hydroxylation is 1. The van der Waals surface area contributed by atoms with Gasteiger partial charge in [-0.25, -0.2) is 4.39 Å². The molecule has 1 amide bonds. The zero-order chi connectivity index (χ0) is 16.7. The van der Waals surface area contributed by atoms with Crippen LogP contribution in [0.5, 0.6) is 0 Å². The summed E-state index contributed by atoms with van der Waals surface area (Å²) in [6.07, 6.45) is 0.593. The van der Waals surface area contributed by atoms with Crippen molar-refractivity contribution in [3.63, 3.8) is 0 Å². The molecule has 0 spiro atoms. The molecule has 0 aliphatic carbocycles. The molecule has 0 saturated carbocycles. The van der Waals surface area contributed by atoms with Crippen LogP contribution >= 0.6 is 11.3 Å². The zero-order valence-corrected chi connectivity index (χ0v) is 13.8. The average molecular weight is 335 g/mol. The van der Waals surface area contributed by atoms with Crippen molar-refractivity contribution >= 4 is 33.3 Å². The second kappa shape index (κ2) is 5.92. The van der Waals surface area contributed by atoms with Crippen LogP contribution in [0.4, 0.5) is 4.39 Å². The van der Waals surface area contributed by atoms with E-state index in [4.69, 9.17) is 0 Å². The maximum Gasteiger partial charge on any atom is 0.308 e. The Morgan fingerprint density at radius 2 is 2.09 bits per heavy atom. The quantitative estimate of drug-likeness (QED) is 0.913. The van der Waals surface area contributed by atoms with Gasteiger partial charge in [0.2, 0.25) is 0 Å². The molecule has 122 valence electrons. The third-order valence-electron chi connectivity index (χ3n) is 4.39. The largest absolute Gasteiger partial charge is 0.481 e. The summed E-state index contributed by atoms with van der Waals surface area (Å²) < 4.78 is 14.1. The Hall–Kier alpha value is -1.95. The normalized spacial score (nSPS) is 21.6. The van der Waals surface area contributed by atoms with Gasteiger partial charge >= 0.3 is 5.97 Å². The number of piperidine rings is 1. The molecule has 2 heterocycles. The number of benzene rings is 1. The van der Waals surface area contributed by atoms with E-state index in [2.05, 4.69) is 0 Å². The number of hydrogen-bond acceptors (Lipinski definition) is 3. The number of aliphatic carboxylic acids is 1. The highest BCUT2D eigenvalue weighted by atomic mass is 32.1. The van der Waals surface area contributed by atoms with Crippen molar-refractivity contribution in [1.82, 2.24) is 4.90 Å². The smallest absolute Gasteiger partial charge is 0.308 e. The van der Waals surface area contributed by atoms with E-state index in [-0.39, 0.29) is 24.2 Å². The zero-order valence-electron chi connectivity index (χ0n) is 13.0. The van der Waals surface area contributed by atoms with Crippen molar-refractivity contribution in [2.45, 2.75) is 20.3 Å². The number of fused-ring (bicyclic) bond motifs is 1. The molecule has 1 aromatic heterocycles. The van der Waals surface area contributed by atoms with E-state index < -0.39 is 11.9 Å². The molecule has 2 aromatic rings. The van der Waals surface area contributed by atoms with Crippen LogP contribution in [0.25, 0.3) is 10.1 Å². The minimum Gasteiger partial charge on any atom is -0.481 e. The molecule has 1 aromatic carbocycles. The van der Waals surface area contributed by atoms with Crippen LogP contribution in [0.15, 0.2) is 18.2 Å². The lowest BCUT2D eigenvalue weighted by molar-refractivity contribution is -0.143. The first-order valence-corrected chi connectivity index (χ1v) is 8.39. The highest BCUT2D eigenvalue weighted by Gasteiger charge is 2.33. The van der Waals surface area contributed by atoms with Crippen LogP contribution in [-0.4, -0.2) is 35.0 Å². The summed E-state index contributed by atoms with van der Waals surface area (Å²) in [6.45, 7) is 4.61. The molecule has 6 heteroatoms. The molecule has 23 heavy (non-hydrogen) atoms. The van der Waals surface area contributed by atoms with Gasteiger partial charge in [-0.2, -0.15) is 0 Å². The number of hydrogen-bond donors (Lipinski definition) is 1. The number of carbonyl (C=O) groups is 2. The number of carboxylic acids is 1. The second-order valence-electron chi connectivity index (χ2n) is 6.28. The van der Waals surface area contributed by atoms with E-state index in [1.165, 1.54) is 23.5 Å². The summed E-state index contributed by atoms with van der Waals surface area (Å²) in [7, 11) is 0. The van der Waals surface area contributed by atoms with Crippen LogP contribution in [0, 0.1) is 24.6 Å². The van der Waals surface area contributed by atoms with E-state index in [0.29, 0.717) is 17.8 Å². The number of carbonyl (C=O) groups excluding carboxylic acids is 1. The van der Waals surface area contributed by atoms with Crippen molar-refractivity contribution in [3.8, 4) is 0 Å². The number of rotatable bonds is 2. The molecule has 4 nitrogen and oxygen atoms in total. The third-order valence-corrected chi connectivity index (χ3v) is 5.63. The molecule has 1 N–H and O–H groups in total. The monoisotopic (exact) mass is 335 g/mol. The summed E-state index contributed by atoms with van der Waals surface area (Å²) in [6, 6.07) is 4.51. The van der Waals surface area contributed by atoms with Crippen molar-refractivity contribution < 1.29 is 19.1 Å². The molecule has 1 saturated heterocycles. The molecule has 0 bridgehead atoms. The van der Waals surface area contributed by atoms with Crippen molar-refractivity contribution in [1.29, 1.82) is 0 Å². The number of nitrogens with zero attached hydrogens (tertiary/aromatic N) is 1. The topological polar surface area (TPSA) is 57.6 Å². The Balaban J connectivity index is 1.93. The lowest BCUT2D eigenvalue weighted by Crippen LogP contribution is -2.45. The van der Waals surface area contributed by atoms with Crippen LogP contribution in [0.3, 0.4) is 0 Å². The lowest BCUT2D eigenvalue weighted by Gasteiger charge is -2.34. The summed E-state index contributed by atoms with van der Waals surface area (Å²) in [5.41, 5.74) is 0.833. The van der Waals surface area contributed by atoms with Crippen LogP contribution in [0.1, 0.15) is 28.6 Å². The first-order chi connectivity index (χ1) is 10.9. The van der Waals surface area contributed by atoms with Crippen LogP contribution in [0.2, 0.25) is 0 Å². The molecule has 1 fully saturated rings. The molecule has 0 radical (unpaired) electrons. The van der Waals surface area contributed by atoms with Gasteiger partial charge < -0.3 is 10.0 Å². The first kappa shape index (κ1) is 15.9. The minimum atomic E-state index is -0.857. The van der Waals surface area contributed by atoms with Gasteiger partial charge in [-0.05, 0) is 42.3 Å². The van der Waals surface area contributed by atoms with Gasteiger partial charge in [0, 0.05) is 17.8 Å². The highest BCUT2D eigenvalue weighted by molar-refractivity contribution is 7.21. The molecular weight excluding hydrogens is 317 g/mol. The predicted octanol–water partition coefficient (Wildman–Crippen LogP) is 3.53. The Morgan fingerprint density at radius 3 is 2.78 bits per heavy atom. The molecule has 3 rings (SSSR count). The Kier molecular flexibility index (Phi) is 4.10. The molecular formula is C17H18FNO3S. The maximum atomic E-state index is 13.4. The minimum absolute atomic E-state index is 0.151. The summed E-state index contributed by atoms with van der Waals surface area (Å²) in [4.78, 5) is 26.3. The summed E-state index contributed by atoms with van der Waals surface area (Å²) >= 11 is 1.27. The standard InChI is InChI=1S/C17H18FNO3S/c1-9-5-11(17(21)22)8-19(7-9)16(20)15-10(2)13-4-3-12(18)6-14(13)23-15/h3-4,6,9,11H,5,7-8H2,1-2H3,(H,21,22). The average Bonchev–Trinajstić information content (AvgIpc) is 2.82. The van der Waals surface area contributed by atoms with Crippen molar-refractivity contribution in [3.05, 3.63) is 34.5 Å². The first-order valence-electron chi connectivity index (χ1n) is 7.57. The van der Waals surface area contributed by atoms with Gasteiger partial charge in [0.15, 0.2) is 0 Å². The van der Waals surface area contributed by atoms with Gasteiger partial charge in [0.05, 0.1) is 10.8 Å². The van der Waals surface area contributed by atoms with Crippen LogP contribution in [-0.2, 0) is 4.79 Å². The van der Waals surface area contributed by atoms with E-state index in [1.807, 2.05) is 13.8 Å². The van der Waals surface area contributed by atoms with Crippen molar-refractivity contribution in [2.75, 3.05) is 13.1 Å². The number of amides is 1. The molecule has 2 unspecified atom stereocenters. The fraction of sp³-hybridized carbons (Fsp3) is 0.412. The van der Waals surface area contributed by atoms with E-state index in [1.54, 1.807) is 11.0 Å². The fourth-order valence-corrected chi connectivity index (χ4v) is 4.45. The SMILES string of the molecule is Cc1c(C(=O)N2CC(C)CC(C(=O)O)C2)sc2cc(F)ccc12. The highest BCUT2D eigenvalue weighted by Crippen LogP contribution is 2.33. The van der Waals surface area contributed by atoms with Crippen molar-refractivity contribution in [2.24, 2.45) is 11.8 Å². The number of thiophene rings is 1. The third kappa shape index (κ3) is 2.95. The van der Waals surface area contributed by atoms with Gasteiger partial charge in [0.1, 0.15) is 5.82 Å². The number of likely N-dealkylation sites (tertiary alicyclic amines) is 1. The lowest BCUT2D eigenvalue weighted by atomic mass is 9.90. The van der Waals surface area contributed by atoms with Crippen LogP contribution < -0.4 is 0 Å². The van der Waals surface area contributed by atoms with Gasteiger partial charge in [-0.15, -0.1) is 11.3 Å². The summed E-state index contributed by atoms with van der Waals surface area (Å²) in [5, 5.41) is 10.1. The van der Waals surface area contributed by atoms with Gasteiger partial charge in [-0.3, -0.25) is 9.59 Å². The molecule has 2 atom stereocenters. The van der Waals surface area contributed by atoms with Gasteiger partial charge in [-0.1, -0.05) is 13.0 Å². The summed E-state index contributed by atoms with van der Waals surface area (Å²) in [5.74, 6) is -1.70. The molecule has 1 aliphatic rings. The van der Waals surface area contributed by atoms with Gasteiger partial charge in [0.25, 0.3) is 5.91 Å². The Morgan fingerprint density at radius 1 is 1.35 bits per heavy atom. The maximum absolute atomic E-state index is 13.4. The fourth-order valence-electron chi connectivity index (χ4n) is 3.24. The molecule has 1 aliphatic heterocycles. The Labute approximate surface area is 137 Å².